The fraction of sp³-hybridized carbons (Fsp3) is 0.192. The van der Waals surface area contributed by atoms with Gasteiger partial charge in [0.05, 0.1) is 11.6 Å². The number of aromatic nitrogens is 1. The fourth-order valence-corrected chi connectivity index (χ4v) is 4.90. The third kappa shape index (κ3) is 3.93. The van der Waals surface area contributed by atoms with E-state index in [1.165, 1.54) is 4.90 Å². The second kappa shape index (κ2) is 8.48. The van der Waals surface area contributed by atoms with Crippen LogP contribution in [-0.4, -0.2) is 32.8 Å². The molecule has 1 saturated heterocycles. The van der Waals surface area contributed by atoms with E-state index in [0.717, 1.165) is 33.3 Å². The van der Waals surface area contributed by atoms with E-state index in [9.17, 15) is 14.7 Å². The summed E-state index contributed by atoms with van der Waals surface area (Å²) in [4.78, 5) is 32.0. The van der Waals surface area contributed by atoms with Gasteiger partial charge in [0.25, 0.3) is 11.7 Å². The summed E-state index contributed by atoms with van der Waals surface area (Å²) in [5, 5.41) is 11.3. The molecule has 0 bridgehead atoms. The number of pyridine rings is 1. The van der Waals surface area contributed by atoms with E-state index in [4.69, 9.17) is 4.74 Å². The molecule has 0 radical (unpaired) electrons. The van der Waals surface area contributed by atoms with Crippen molar-refractivity contribution in [3.05, 3.63) is 99.3 Å². The number of fused-ring (bicyclic) bond motifs is 1. The summed E-state index contributed by atoms with van der Waals surface area (Å²) >= 11 is 3.48. The molecule has 0 saturated carbocycles. The van der Waals surface area contributed by atoms with Crippen LogP contribution in [0.1, 0.15) is 35.2 Å². The van der Waals surface area contributed by atoms with Crippen molar-refractivity contribution < 1.29 is 19.4 Å². The maximum atomic E-state index is 13.2. The SMILES string of the molecule is CC1Cc2cc(C(O)=C3C(=O)C(=O)N(Cc4cccnc4)C3c3cccc(Br)c3)ccc2O1. The predicted octanol–water partition coefficient (Wildman–Crippen LogP) is 4.79. The quantitative estimate of drug-likeness (QED) is 0.314. The lowest BCUT2D eigenvalue weighted by Gasteiger charge is -2.25. The summed E-state index contributed by atoms with van der Waals surface area (Å²) < 4.78 is 6.57. The van der Waals surface area contributed by atoms with E-state index in [1.54, 1.807) is 30.6 Å². The minimum Gasteiger partial charge on any atom is -0.507 e. The van der Waals surface area contributed by atoms with Crippen LogP contribution in [0.4, 0.5) is 0 Å². The lowest BCUT2D eigenvalue weighted by atomic mass is 9.94. The topological polar surface area (TPSA) is 79.7 Å². The van der Waals surface area contributed by atoms with Crippen LogP contribution in [0.5, 0.6) is 5.75 Å². The molecule has 2 atom stereocenters. The highest BCUT2D eigenvalue weighted by atomic mass is 79.9. The highest BCUT2D eigenvalue weighted by Gasteiger charge is 2.46. The summed E-state index contributed by atoms with van der Waals surface area (Å²) in [6.07, 6.45) is 4.10. The van der Waals surface area contributed by atoms with E-state index in [0.29, 0.717) is 5.56 Å². The summed E-state index contributed by atoms with van der Waals surface area (Å²) in [7, 11) is 0. The molecular formula is C26H21BrN2O4. The number of halogens is 1. The first-order valence-corrected chi connectivity index (χ1v) is 11.4. The van der Waals surface area contributed by atoms with Crippen molar-refractivity contribution in [2.75, 3.05) is 0 Å². The van der Waals surface area contributed by atoms with Crippen LogP contribution in [-0.2, 0) is 22.6 Å². The van der Waals surface area contributed by atoms with E-state index < -0.39 is 17.7 Å². The van der Waals surface area contributed by atoms with Crippen molar-refractivity contribution in [3.63, 3.8) is 0 Å². The van der Waals surface area contributed by atoms with Crippen molar-refractivity contribution >= 4 is 33.4 Å². The largest absolute Gasteiger partial charge is 0.507 e. The number of hydrogen-bond acceptors (Lipinski definition) is 5. The third-order valence-electron chi connectivity index (χ3n) is 5.95. The normalized spacial score (nSPS) is 21.2. The monoisotopic (exact) mass is 504 g/mol. The van der Waals surface area contributed by atoms with E-state index in [-0.39, 0.29) is 24.0 Å². The van der Waals surface area contributed by atoms with E-state index in [1.807, 2.05) is 43.3 Å². The summed E-state index contributed by atoms with van der Waals surface area (Å²) in [5.74, 6) is -0.760. The third-order valence-corrected chi connectivity index (χ3v) is 6.44. The number of carbonyl (C=O) groups is 2. The first-order valence-electron chi connectivity index (χ1n) is 10.6. The van der Waals surface area contributed by atoms with Crippen molar-refractivity contribution in [2.45, 2.75) is 32.0 Å². The van der Waals surface area contributed by atoms with Gasteiger partial charge in [-0.05, 0) is 60.0 Å². The summed E-state index contributed by atoms with van der Waals surface area (Å²) in [6, 6.07) is 15.7. The molecule has 0 aliphatic carbocycles. The van der Waals surface area contributed by atoms with Crippen LogP contribution in [0.15, 0.2) is 77.0 Å². The average Bonchev–Trinajstić information content (AvgIpc) is 3.30. The molecule has 7 heteroatoms. The number of rotatable bonds is 4. The van der Waals surface area contributed by atoms with Crippen LogP contribution in [0, 0.1) is 0 Å². The van der Waals surface area contributed by atoms with Crippen LogP contribution in [0.2, 0.25) is 0 Å². The number of likely N-dealkylation sites (tertiary alicyclic amines) is 1. The number of nitrogens with zero attached hydrogens (tertiary/aromatic N) is 2. The molecule has 1 fully saturated rings. The van der Waals surface area contributed by atoms with Crippen molar-refractivity contribution in [2.24, 2.45) is 0 Å². The second-order valence-corrected chi connectivity index (χ2v) is 9.21. The van der Waals surface area contributed by atoms with Gasteiger partial charge in [0, 0.05) is 35.4 Å². The van der Waals surface area contributed by atoms with Crippen molar-refractivity contribution in [1.29, 1.82) is 0 Å². The zero-order valence-corrected chi connectivity index (χ0v) is 19.5. The molecule has 2 aliphatic rings. The smallest absolute Gasteiger partial charge is 0.295 e. The Morgan fingerprint density at radius 2 is 2.03 bits per heavy atom. The van der Waals surface area contributed by atoms with Gasteiger partial charge in [-0.3, -0.25) is 14.6 Å². The van der Waals surface area contributed by atoms with Gasteiger partial charge in [-0.25, -0.2) is 0 Å². The molecule has 1 N–H and O–H groups in total. The Labute approximate surface area is 199 Å². The van der Waals surface area contributed by atoms with Gasteiger partial charge < -0.3 is 14.7 Å². The Hall–Kier alpha value is -3.45. The molecule has 2 unspecified atom stereocenters. The number of ether oxygens (including phenoxy) is 1. The molecular weight excluding hydrogens is 484 g/mol. The van der Waals surface area contributed by atoms with Gasteiger partial charge >= 0.3 is 0 Å². The Kier molecular flexibility index (Phi) is 5.50. The second-order valence-electron chi connectivity index (χ2n) is 8.30. The average molecular weight is 505 g/mol. The molecule has 1 amide bonds. The Morgan fingerprint density at radius 1 is 1.18 bits per heavy atom. The molecule has 0 spiro atoms. The summed E-state index contributed by atoms with van der Waals surface area (Å²) in [6.45, 7) is 2.18. The molecule has 2 aromatic carbocycles. The zero-order chi connectivity index (χ0) is 23.1. The number of benzene rings is 2. The lowest BCUT2D eigenvalue weighted by molar-refractivity contribution is -0.140. The molecule has 1 aromatic heterocycles. The highest BCUT2D eigenvalue weighted by Crippen LogP contribution is 2.41. The number of aliphatic hydroxyl groups excluding tert-OH is 1. The van der Waals surface area contributed by atoms with Gasteiger partial charge in [-0.2, -0.15) is 0 Å². The first-order chi connectivity index (χ1) is 15.9. The maximum Gasteiger partial charge on any atom is 0.295 e. The van der Waals surface area contributed by atoms with E-state index in [2.05, 4.69) is 20.9 Å². The number of hydrogen-bond donors (Lipinski definition) is 1. The maximum absolute atomic E-state index is 13.2. The minimum absolute atomic E-state index is 0.0594. The van der Waals surface area contributed by atoms with Crippen LogP contribution >= 0.6 is 15.9 Å². The molecule has 6 nitrogen and oxygen atoms in total. The Bertz CT molecular complexity index is 1290. The van der Waals surface area contributed by atoms with Gasteiger partial charge in [-0.1, -0.05) is 34.1 Å². The van der Waals surface area contributed by atoms with Gasteiger partial charge in [0.15, 0.2) is 0 Å². The Balaban J connectivity index is 1.64. The standard InChI is InChI=1S/C26H21BrN2O4/c1-15-10-19-11-18(7-8-21(19)33-15)24(30)22-23(17-5-2-6-20(27)12-17)29(26(32)25(22)31)14-16-4-3-9-28-13-16/h2-9,11-13,15,23,30H,10,14H2,1H3. The zero-order valence-electron chi connectivity index (χ0n) is 17.9. The molecule has 3 aromatic rings. The molecule has 5 rings (SSSR count). The minimum atomic E-state index is -0.730. The lowest BCUT2D eigenvalue weighted by Crippen LogP contribution is -2.29. The highest BCUT2D eigenvalue weighted by molar-refractivity contribution is 9.10. The van der Waals surface area contributed by atoms with Crippen molar-refractivity contribution in [1.82, 2.24) is 9.88 Å². The number of amides is 1. The summed E-state index contributed by atoms with van der Waals surface area (Å²) in [5.41, 5.74) is 3.06. The van der Waals surface area contributed by atoms with Crippen LogP contribution in [0.3, 0.4) is 0 Å². The van der Waals surface area contributed by atoms with Gasteiger partial charge in [-0.15, -0.1) is 0 Å². The first kappa shape index (κ1) is 21.4. The molecule has 3 heterocycles. The molecule has 166 valence electrons. The van der Waals surface area contributed by atoms with Crippen LogP contribution < -0.4 is 4.74 Å². The number of aliphatic hydroxyl groups is 1. The Morgan fingerprint density at radius 3 is 2.79 bits per heavy atom. The fourth-order valence-electron chi connectivity index (χ4n) is 4.48. The number of Topliss-reactive ketones (excluding diaryl/α,β-unsaturated/α-hetero) is 1. The molecule has 33 heavy (non-hydrogen) atoms. The molecule has 2 aliphatic heterocycles. The number of ketones is 1. The van der Waals surface area contributed by atoms with E-state index >= 15 is 0 Å². The van der Waals surface area contributed by atoms with Gasteiger partial charge in [0.1, 0.15) is 17.6 Å². The van der Waals surface area contributed by atoms with Gasteiger partial charge in [0.2, 0.25) is 0 Å². The van der Waals surface area contributed by atoms with Crippen molar-refractivity contribution in [3.8, 4) is 5.75 Å². The van der Waals surface area contributed by atoms with Crippen LogP contribution in [0.25, 0.3) is 5.76 Å². The number of carbonyl (C=O) groups excluding carboxylic acids is 2. The predicted molar refractivity (Wildman–Crippen MR) is 126 cm³/mol.